The van der Waals surface area contributed by atoms with Gasteiger partial charge in [0, 0.05) is 6.20 Å². The van der Waals surface area contributed by atoms with E-state index in [9.17, 15) is 9.59 Å². The summed E-state index contributed by atoms with van der Waals surface area (Å²) in [6.45, 7) is 0. The van der Waals surface area contributed by atoms with Crippen molar-refractivity contribution in [3.8, 4) is 0 Å². The second-order valence-electron chi connectivity index (χ2n) is 3.65. The fraction of sp³-hybridized carbons (Fsp3) is 0. The lowest BCUT2D eigenvalue weighted by Gasteiger charge is -2.06. The highest BCUT2D eigenvalue weighted by Gasteiger charge is 2.13. The fourth-order valence-electron chi connectivity index (χ4n) is 1.39. The lowest BCUT2D eigenvalue weighted by molar-refractivity contribution is 0.0690. The first kappa shape index (κ1) is 14.2. The highest BCUT2D eigenvalue weighted by Crippen LogP contribution is 2.19. The van der Waals surface area contributed by atoms with E-state index < -0.39 is 11.9 Å². The van der Waals surface area contributed by atoms with Crippen molar-refractivity contribution < 1.29 is 14.7 Å². The molecule has 0 unspecified atom stereocenters. The maximum Gasteiger partial charge on any atom is 0.354 e. The van der Waals surface area contributed by atoms with Gasteiger partial charge in [-0.2, -0.15) is 0 Å². The number of hydrogen-bond acceptors (Lipinski definition) is 4. The van der Waals surface area contributed by atoms with E-state index in [4.69, 9.17) is 28.3 Å². The van der Waals surface area contributed by atoms with Crippen LogP contribution in [0.5, 0.6) is 0 Å². The number of nitrogens with one attached hydrogen (secondary N) is 1. The van der Waals surface area contributed by atoms with Crippen molar-refractivity contribution in [2.45, 2.75) is 0 Å². The number of carbonyl (C=O) groups is 2. The summed E-state index contributed by atoms with van der Waals surface area (Å²) < 4.78 is 0. The zero-order valence-electron chi connectivity index (χ0n) is 9.80. The van der Waals surface area contributed by atoms with Gasteiger partial charge in [0.15, 0.2) is 5.69 Å². The van der Waals surface area contributed by atoms with Crippen LogP contribution in [0.4, 0.5) is 5.82 Å². The Labute approximate surface area is 123 Å². The van der Waals surface area contributed by atoms with Crippen LogP contribution in [0.1, 0.15) is 20.8 Å². The topological polar surface area (TPSA) is 92.2 Å². The van der Waals surface area contributed by atoms with E-state index >= 15 is 0 Å². The quantitative estimate of drug-likeness (QED) is 0.850. The third kappa shape index (κ3) is 3.23. The molecule has 0 radical (unpaired) electrons. The number of hydrogen-bond donors (Lipinski definition) is 2. The van der Waals surface area contributed by atoms with Gasteiger partial charge in [0.05, 0.1) is 10.6 Å². The molecule has 0 aromatic carbocycles. The Morgan fingerprint density at radius 3 is 2.70 bits per heavy atom. The Morgan fingerprint density at radius 1 is 1.25 bits per heavy atom. The SMILES string of the molecule is O=C(O)c1cccc(NC(=O)c2cc(Cl)ncc2Cl)n1. The number of nitrogens with zero attached hydrogens (tertiary/aromatic N) is 2. The number of carboxylic acid groups (broad SMARTS) is 1. The Morgan fingerprint density at radius 2 is 2.00 bits per heavy atom. The highest BCUT2D eigenvalue weighted by molar-refractivity contribution is 6.35. The van der Waals surface area contributed by atoms with Gasteiger partial charge in [-0.15, -0.1) is 0 Å². The Hall–Kier alpha value is -2.18. The molecule has 0 fully saturated rings. The van der Waals surface area contributed by atoms with Crippen LogP contribution < -0.4 is 5.32 Å². The third-order valence-corrected chi connectivity index (χ3v) is 2.78. The second kappa shape index (κ2) is 5.85. The number of amides is 1. The lowest BCUT2D eigenvalue weighted by atomic mass is 10.2. The molecule has 0 saturated heterocycles. The van der Waals surface area contributed by atoms with Crippen LogP contribution in [0.25, 0.3) is 0 Å². The smallest absolute Gasteiger partial charge is 0.354 e. The van der Waals surface area contributed by atoms with Crippen molar-refractivity contribution in [3.63, 3.8) is 0 Å². The predicted molar refractivity (Wildman–Crippen MR) is 73.4 cm³/mol. The van der Waals surface area contributed by atoms with Gasteiger partial charge in [0.25, 0.3) is 5.91 Å². The molecule has 2 N–H and O–H groups in total. The minimum atomic E-state index is -1.19. The number of aromatic carboxylic acids is 1. The van der Waals surface area contributed by atoms with Gasteiger partial charge in [-0.25, -0.2) is 14.8 Å². The number of halogens is 2. The molecule has 8 heteroatoms. The number of pyridine rings is 2. The van der Waals surface area contributed by atoms with Gasteiger partial charge < -0.3 is 10.4 Å². The molecule has 102 valence electrons. The van der Waals surface area contributed by atoms with Crippen LogP contribution in [0.2, 0.25) is 10.2 Å². The standard InChI is InChI=1S/C12H7Cl2N3O3/c13-7-5-15-9(14)4-6(7)11(18)17-10-3-1-2-8(16-10)12(19)20/h1-5H,(H,19,20)(H,16,17,18). The first-order valence-corrected chi connectivity index (χ1v) is 6.05. The largest absolute Gasteiger partial charge is 0.477 e. The summed E-state index contributed by atoms with van der Waals surface area (Å²) in [5.74, 6) is -1.65. The minimum absolute atomic E-state index is 0.0962. The molecule has 20 heavy (non-hydrogen) atoms. The molecule has 0 atom stereocenters. The Balaban J connectivity index is 2.25. The summed E-state index contributed by atoms with van der Waals surface area (Å²) in [6.07, 6.45) is 1.25. The van der Waals surface area contributed by atoms with Crippen molar-refractivity contribution >= 4 is 40.9 Å². The predicted octanol–water partition coefficient (Wildman–Crippen LogP) is 2.73. The molecular weight excluding hydrogens is 305 g/mol. The zero-order valence-corrected chi connectivity index (χ0v) is 11.3. The van der Waals surface area contributed by atoms with Gasteiger partial charge >= 0.3 is 5.97 Å². The molecule has 6 nitrogen and oxygen atoms in total. The molecule has 0 saturated carbocycles. The summed E-state index contributed by atoms with van der Waals surface area (Å²) in [7, 11) is 0. The van der Waals surface area contributed by atoms with E-state index in [1.807, 2.05) is 0 Å². The van der Waals surface area contributed by atoms with Crippen molar-refractivity contribution in [1.29, 1.82) is 0 Å². The van der Waals surface area contributed by atoms with Crippen molar-refractivity contribution in [1.82, 2.24) is 9.97 Å². The van der Waals surface area contributed by atoms with E-state index in [0.29, 0.717) is 0 Å². The number of rotatable bonds is 3. The third-order valence-electron chi connectivity index (χ3n) is 2.28. The van der Waals surface area contributed by atoms with Gasteiger partial charge in [0.2, 0.25) is 0 Å². The average molecular weight is 312 g/mol. The normalized spacial score (nSPS) is 10.1. The molecule has 2 aromatic heterocycles. The van der Waals surface area contributed by atoms with E-state index in [0.717, 1.165) is 0 Å². The minimum Gasteiger partial charge on any atom is -0.477 e. The number of carboxylic acids is 1. The molecule has 1 amide bonds. The molecule has 0 aliphatic rings. The van der Waals surface area contributed by atoms with Gasteiger partial charge in [0.1, 0.15) is 11.0 Å². The molecule has 0 bridgehead atoms. The molecule has 0 spiro atoms. The van der Waals surface area contributed by atoms with Crippen LogP contribution in [-0.4, -0.2) is 27.0 Å². The lowest BCUT2D eigenvalue weighted by Crippen LogP contribution is -2.14. The van der Waals surface area contributed by atoms with Crippen LogP contribution in [0, 0.1) is 0 Å². The van der Waals surface area contributed by atoms with Crippen LogP contribution in [-0.2, 0) is 0 Å². The summed E-state index contributed by atoms with van der Waals surface area (Å²) in [4.78, 5) is 30.3. The number of carbonyl (C=O) groups excluding carboxylic acids is 1. The van der Waals surface area contributed by atoms with E-state index in [-0.39, 0.29) is 27.3 Å². The van der Waals surface area contributed by atoms with Gasteiger partial charge in [-0.3, -0.25) is 4.79 Å². The summed E-state index contributed by atoms with van der Waals surface area (Å²) in [5.41, 5.74) is -0.0594. The average Bonchev–Trinajstić information content (AvgIpc) is 2.41. The van der Waals surface area contributed by atoms with Crippen LogP contribution in [0.15, 0.2) is 30.5 Å². The van der Waals surface area contributed by atoms with Crippen molar-refractivity contribution in [2.24, 2.45) is 0 Å². The van der Waals surface area contributed by atoms with E-state index in [2.05, 4.69) is 15.3 Å². The molecule has 0 aliphatic heterocycles. The van der Waals surface area contributed by atoms with Gasteiger partial charge in [-0.05, 0) is 18.2 Å². The summed E-state index contributed by atoms with van der Waals surface area (Å²) >= 11 is 11.5. The Kier molecular flexibility index (Phi) is 4.16. The molecule has 0 aliphatic carbocycles. The zero-order chi connectivity index (χ0) is 14.7. The van der Waals surface area contributed by atoms with Gasteiger partial charge in [-0.1, -0.05) is 29.3 Å². The van der Waals surface area contributed by atoms with Crippen molar-refractivity contribution in [3.05, 3.63) is 51.9 Å². The maximum atomic E-state index is 12.0. The summed E-state index contributed by atoms with van der Waals surface area (Å²) in [5, 5.41) is 11.5. The Bertz CT molecular complexity index is 691. The van der Waals surface area contributed by atoms with E-state index in [1.54, 1.807) is 0 Å². The maximum absolute atomic E-state index is 12.0. The fourth-order valence-corrected chi connectivity index (χ4v) is 1.74. The van der Waals surface area contributed by atoms with Crippen molar-refractivity contribution in [2.75, 3.05) is 5.32 Å². The first-order valence-electron chi connectivity index (χ1n) is 5.30. The van der Waals surface area contributed by atoms with Crippen LogP contribution >= 0.6 is 23.2 Å². The second-order valence-corrected chi connectivity index (χ2v) is 4.45. The number of aromatic nitrogens is 2. The number of anilines is 1. The first-order chi connectivity index (χ1) is 9.47. The molecular formula is C12H7Cl2N3O3. The van der Waals surface area contributed by atoms with E-state index in [1.165, 1.54) is 30.5 Å². The molecule has 2 rings (SSSR count). The highest BCUT2D eigenvalue weighted by atomic mass is 35.5. The summed E-state index contributed by atoms with van der Waals surface area (Å²) in [6, 6.07) is 5.54. The van der Waals surface area contributed by atoms with Crippen LogP contribution in [0.3, 0.4) is 0 Å². The molecule has 2 aromatic rings. The monoisotopic (exact) mass is 311 g/mol. The molecule has 2 heterocycles.